The number of hydrogen-bond acceptors (Lipinski definition) is 3. The van der Waals surface area contributed by atoms with Crippen LogP contribution in [0.15, 0.2) is 0 Å². The average Bonchev–Trinajstić information content (AvgIpc) is 2.54. The van der Waals surface area contributed by atoms with Crippen LogP contribution < -0.4 is 10.6 Å². The van der Waals surface area contributed by atoms with Crippen molar-refractivity contribution in [3.63, 3.8) is 0 Å². The summed E-state index contributed by atoms with van der Waals surface area (Å²) in [6, 6.07) is 0. The minimum Gasteiger partial charge on any atom is -0.354 e. The number of carbonyl (C=O) groups is 1. The van der Waals surface area contributed by atoms with E-state index < -0.39 is 0 Å². The molecular weight excluding hydrogens is 184 g/mol. The van der Waals surface area contributed by atoms with E-state index in [9.17, 15) is 4.79 Å². The van der Waals surface area contributed by atoms with Crippen LogP contribution in [0.1, 0.15) is 19.8 Å². The van der Waals surface area contributed by atoms with Gasteiger partial charge < -0.3 is 10.6 Å². The molecule has 1 heterocycles. The Balaban J connectivity index is 2.29. The van der Waals surface area contributed by atoms with E-state index in [1.165, 1.54) is 0 Å². The Kier molecular flexibility index (Phi) is 4.06. The molecule has 0 aromatic rings. The summed E-state index contributed by atoms with van der Waals surface area (Å²) in [4.78, 5) is 11.7. The third-order valence-corrected chi connectivity index (χ3v) is 3.07. The summed E-state index contributed by atoms with van der Waals surface area (Å²) < 4.78 is 0. The van der Waals surface area contributed by atoms with Crippen LogP contribution >= 0.6 is 11.8 Å². The Morgan fingerprint density at radius 3 is 3.00 bits per heavy atom. The van der Waals surface area contributed by atoms with E-state index in [1.54, 1.807) is 11.8 Å². The summed E-state index contributed by atoms with van der Waals surface area (Å²) in [5.74, 6) is 1.14. The Labute approximate surface area is 84.0 Å². The van der Waals surface area contributed by atoms with E-state index in [1.807, 2.05) is 13.2 Å². The lowest BCUT2D eigenvalue weighted by Crippen LogP contribution is -2.51. The summed E-state index contributed by atoms with van der Waals surface area (Å²) in [5, 5.41) is 6.18. The first kappa shape index (κ1) is 10.9. The van der Waals surface area contributed by atoms with Crippen molar-refractivity contribution in [2.45, 2.75) is 25.3 Å². The third kappa shape index (κ3) is 2.88. The van der Waals surface area contributed by atoms with Crippen LogP contribution in [-0.2, 0) is 4.79 Å². The van der Waals surface area contributed by atoms with E-state index in [4.69, 9.17) is 0 Å². The smallest absolute Gasteiger partial charge is 0.240 e. The molecule has 1 atom stereocenters. The first-order valence-corrected chi connectivity index (χ1v) is 6.11. The number of carbonyl (C=O) groups excluding carboxylic acids is 1. The maximum atomic E-state index is 11.7. The Hall–Kier alpha value is -0.220. The van der Waals surface area contributed by atoms with Crippen molar-refractivity contribution < 1.29 is 4.79 Å². The molecule has 0 aromatic heterocycles. The highest BCUT2D eigenvalue weighted by Crippen LogP contribution is 2.18. The average molecular weight is 202 g/mol. The lowest BCUT2D eigenvalue weighted by molar-refractivity contribution is -0.126. The van der Waals surface area contributed by atoms with Gasteiger partial charge in [0.05, 0.1) is 5.54 Å². The van der Waals surface area contributed by atoms with Crippen molar-refractivity contribution in [2.24, 2.45) is 0 Å². The second-order valence-corrected chi connectivity index (χ2v) is 4.60. The van der Waals surface area contributed by atoms with E-state index in [0.29, 0.717) is 0 Å². The fourth-order valence-corrected chi connectivity index (χ4v) is 1.86. The fraction of sp³-hybridized carbons (Fsp3) is 0.889. The molecule has 1 fully saturated rings. The molecule has 76 valence electrons. The Morgan fingerprint density at radius 2 is 2.46 bits per heavy atom. The summed E-state index contributed by atoms with van der Waals surface area (Å²) in [6.45, 7) is 3.72. The molecule has 1 unspecified atom stereocenters. The van der Waals surface area contributed by atoms with Crippen molar-refractivity contribution in [1.82, 2.24) is 10.6 Å². The van der Waals surface area contributed by atoms with Gasteiger partial charge in [0.1, 0.15) is 0 Å². The lowest BCUT2D eigenvalue weighted by Gasteiger charge is -2.22. The van der Waals surface area contributed by atoms with Gasteiger partial charge in [-0.15, -0.1) is 0 Å². The van der Waals surface area contributed by atoms with Crippen molar-refractivity contribution in [3.05, 3.63) is 0 Å². The Bertz CT molecular complexity index is 178. The molecular formula is C9H18N2OS. The van der Waals surface area contributed by atoms with Gasteiger partial charge in [-0.1, -0.05) is 0 Å². The molecule has 3 nitrogen and oxygen atoms in total. The maximum Gasteiger partial charge on any atom is 0.240 e. The van der Waals surface area contributed by atoms with E-state index in [-0.39, 0.29) is 11.4 Å². The highest BCUT2D eigenvalue weighted by atomic mass is 32.2. The van der Waals surface area contributed by atoms with Gasteiger partial charge >= 0.3 is 0 Å². The van der Waals surface area contributed by atoms with Gasteiger partial charge in [0.15, 0.2) is 0 Å². The van der Waals surface area contributed by atoms with Gasteiger partial charge in [0, 0.05) is 12.3 Å². The van der Waals surface area contributed by atoms with Crippen LogP contribution in [0.3, 0.4) is 0 Å². The van der Waals surface area contributed by atoms with Crippen LogP contribution in [0.5, 0.6) is 0 Å². The van der Waals surface area contributed by atoms with Crippen molar-refractivity contribution in [3.8, 4) is 0 Å². The number of thioether (sulfide) groups is 1. The quantitative estimate of drug-likeness (QED) is 0.656. The van der Waals surface area contributed by atoms with Crippen LogP contribution in [0.2, 0.25) is 0 Å². The summed E-state index contributed by atoms with van der Waals surface area (Å²) in [7, 11) is 0. The molecule has 13 heavy (non-hydrogen) atoms. The molecule has 2 N–H and O–H groups in total. The van der Waals surface area contributed by atoms with E-state index in [2.05, 4.69) is 10.6 Å². The van der Waals surface area contributed by atoms with Crippen LogP contribution in [0, 0.1) is 0 Å². The predicted molar refractivity (Wildman–Crippen MR) is 57.0 cm³/mol. The SMILES string of the molecule is CSCCNC(=O)C1(C)CCCN1. The predicted octanol–water partition coefficient (Wildman–Crippen LogP) is 0.608. The van der Waals surface area contributed by atoms with Gasteiger partial charge in [-0.2, -0.15) is 11.8 Å². The largest absolute Gasteiger partial charge is 0.354 e. The normalized spacial score (nSPS) is 27.5. The highest BCUT2D eigenvalue weighted by molar-refractivity contribution is 7.98. The molecule has 0 spiro atoms. The molecule has 4 heteroatoms. The third-order valence-electron chi connectivity index (χ3n) is 2.46. The van der Waals surface area contributed by atoms with Gasteiger partial charge in [-0.3, -0.25) is 4.79 Å². The molecule has 1 rings (SSSR count). The van der Waals surface area contributed by atoms with Gasteiger partial charge in [-0.25, -0.2) is 0 Å². The van der Waals surface area contributed by atoms with E-state index in [0.717, 1.165) is 31.7 Å². The molecule has 1 saturated heterocycles. The summed E-state index contributed by atoms with van der Waals surface area (Å²) in [5.41, 5.74) is -0.307. The Morgan fingerprint density at radius 1 is 1.69 bits per heavy atom. The summed E-state index contributed by atoms with van der Waals surface area (Å²) >= 11 is 1.75. The van der Waals surface area contributed by atoms with Crippen molar-refractivity contribution in [1.29, 1.82) is 0 Å². The highest BCUT2D eigenvalue weighted by Gasteiger charge is 2.35. The topological polar surface area (TPSA) is 41.1 Å². The molecule has 0 aliphatic carbocycles. The lowest BCUT2D eigenvalue weighted by atomic mass is 9.99. The zero-order valence-corrected chi connectivity index (χ0v) is 9.17. The van der Waals surface area contributed by atoms with Crippen molar-refractivity contribution in [2.75, 3.05) is 25.1 Å². The molecule has 0 saturated carbocycles. The van der Waals surface area contributed by atoms with Gasteiger partial charge in [0.25, 0.3) is 0 Å². The second kappa shape index (κ2) is 4.86. The fourth-order valence-electron chi connectivity index (χ4n) is 1.55. The zero-order chi connectivity index (χ0) is 9.73. The molecule has 1 aliphatic rings. The van der Waals surface area contributed by atoms with Crippen LogP contribution in [-0.4, -0.2) is 36.5 Å². The number of nitrogens with one attached hydrogen (secondary N) is 2. The minimum atomic E-state index is -0.307. The number of hydrogen-bond donors (Lipinski definition) is 2. The monoisotopic (exact) mass is 202 g/mol. The van der Waals surface area contributed by atoms with Gasteiger partial charge in [0.2, 0.25) is 5.91 Å². The molecule has 1 aliphatic heterocycles. The molecule has 0 aromatic carbocycles. The van der Waals surface area contributed by atoms with Crippen molar-refractivity contribution >= 4 is 17.7 Å². The van der Waals surface area contributed by atoms with Gasteiger partial charge in [-0.05, 0) is 32.6 Å². The number of rotatable bonds is 4. The summed E-state index contributed by atoms with van der Waals surface area (Å²) in [6.07, 6.45) is 4.10. The first-order valence-electron chi connectivity index (χ1n) is 4.71. The van der Waals surface area contributed by atoms with Crippen LogP contribution in [0.4, 0.5) is 0 Å². The minimum absolute atomic E-state index is 0.152. The zero-order valence-electron chi connectivity index (χ0n) is 8.35. The van der Waals surface area contributed by atoms with Crippen LogP contribution in [0.25, 0.3) is 0 Å². The van der Waals surface area contributed by atoms with E-state index >= 15 is 0 Å². The second-order valence-electron chi connectivity index (χ2n) is 3.61. The molecule has 0 bridgehead atoms. The maximum absolute atomic E-state index is 11.7. The molecule has 1 amide bonds. The molecule has 0 radical (unpaired) electrons. The number of amides is 1. The standard InChI is InChI=1S/C9H18N2OS/c1-9(4-3-5-11-9)8(12)10-6-7-13-2/h11H,3-7H2,1-2H3,(H,10,12). The first-order chi connectivity index (χ1) is 6.19.